The molecule has 16 heavy (non-hydrogen) atoms. The lowest BCUT2D eigenvalue weighted by molar-refractivity contribution is -0.135. The molecule has 1 heterocycles. The van der Waals surface area contributed by atoms with Crippen molar-refractivity contribution in [2.75, 3.05) is 7.11 Å². The van der Waals surface area contributed by atoms with E-state index in [2.05, 4.69) is 10.1 Å². The summed E-state index contributed by atoms with van der Waals surface area (Å²) in [5.41, 5.74) is 1.89. The van der Waals surface area contributed by atoms with Crippen molar-refractivity contribution in [1.82, 2.24) is 0 Å². The zero-order valence-electron chi connectivity index (χ0n) is 8.75. The normalized spacial score (nSPS) is 24.8. The number of hydrazone groups is 1. The maximum Gasteiger partial charge on any atom is 0.338 e. The van der Waals surface area contributed by atoms with Crippen molar-refractivity contribution in [3.63, 3.8) is 0 Å². The zero-order chi connectivity index (χ0) is 11.5. The lowest BCUT2D eigenvalue weighted by Crippen LogP contribution is -2.28. The molecule has 0 radical (unpaired) electrons. The van der Waals surface area contributed by atoms with Gasteiger partial charge in [0.15, 0.2) is 0 Å². The van der Waals surface area contributed by atoms with Crippen LogP contribution in [0.4, 0.5) is 0 Å². The van der Waals surface area contributed by atoms with E-state index in [-0.39, 0.29) is 12.0 Å². The summed E-state index contributed by atoms with van der Waals surface area (Å²) in [6.07, 6.45) is 8.57. The molecule has 0 saturated heterocycles. The van der Waals surface area contributed by atoms with E-state index in [1.165, 1.54) is 7.11 Å². The van der Waals surface area contributed by atoms with Crippen LogP contribution in [0.5, 0.6) is 0 Å². The van der Waals surface area contributed by atoms with Crippen LogP contribution in [0, 0.1) is 0 Å². The number of nitrogens with zero attached hydrogens (tertiary/aromatic N) is 2. The maximum atomic E-state index is 11.5. The van der Waals surface area contributed by atoms with E-state index < -0.39 is 0 Å². The van der Waals surface area contributed by atoms with Gasteiger partial charge in [0.1, 0.15) is 6.04 Å². The van der Waals surface area contributed by atoms with Crippen LogP contribution >= 0.6 is 0 Å². The van der Waals surface area contributed by atoms with Crippen LogP contribution in [0.25, 0.3) is 0 Å². The van der Waals surface area contributed by atoms with Crippen molar-refractivity contribution in [2.24, 2.45) is 15.9 Å². The van der Waals surface area contributed by atoms with Crippen molar-refractivity contribution in [3.8, 4) is 0 Å². The van der Waals surface area contributed by atoms with Gasteiger partial charge in [0, 0.05) is 6.21 Å². The summed E-state index contributed by atoms with van der Waals surface area (Å²) in [7, 11) is 1.35. The third kappa shape index (κ3) is 1.56. The van der Waals surface area contributed by atoms with Gasteiger partial charge >= 0.3 is 5.97 Å². The van der Waals surface area contributed by atoms with Gasteiger partial charge in [0.25, 0.3) is 0 Å². The standard InChI is InChI=1S/C11H11N3O2/c1-16-11(15)8-5-6-13-10-7(8)3-2-4-9(10)14-12/h2-6,10H,12H2,1H3. The number of carbonyl (C=O) groups is 1. The molecule has 1 atom stereocenters. The highest BCUT2D eigenvalue weighted by atomic mass is 16.5. The molecule has 2 aliphatic rings. The first-order chi connectivity index (χ1) is 7.77. The number of esters is 1. The van der Waals surface area contributed by atoms with Gasteiger partial charge in [0.2, 0.25) is 0 Å². The zero-order valence-corrected chi connectivity index (χ0v) is 8.75. The highest BCUT2D eigenvalue weighted by Gasteiger charge is 2.28. The molecular weight excluding hydrogens is 206 g/mol. The first-order valence-electron chi connectivity index (χ1n) is 4.76. The molecule has 0 saturated carbocycles. The van der Waals surface area contributed by atoms with Gasteiger partial charge in [-0.25, -0.2) is 4.79 Å². The molecule has 0 fully saturated rings. The van der Waals surface area contributed by atoms with Crippen LogP contribution < -0.4 is 5.84 Å². The molecule has 2 rings (SSSR count). The fourth-order valence-corrected chi connectivity index (χ4v) is 1.70. The summed E-state index contributed by atoms with van der Waals surface area (Å²) in [5, 5.41) is 3.65. The van der Waals surface area contributed by atoms with Crippen LogP contribution in [0.2, 0.25) is 0 Å². The molecule has 0 aromatic heterocycles. The van der Waals surface area contributed by atoms with Crippen LogP contribution in [0.1, 0.15) is 0 Å². The molecule has 5 heteroatoms. The molecule has 82 valence electrons. The Labute approximate surface area is 92.7 Å². The molecule has 0 spiro atoms. The van der Waals surface area contributed by atoms with Gasteiger partial charge < -0.3 is 10.6 Å². The van der Waals surface area contributed by atoms with Crippen LogP contribution in [0.15, 0.2) is 45.5 Å². The van der Waals surface area contributed by atoms with E-state index in [9.17, 15) is 4.79 Å². The molecule has 1 aliphatic carbocycles. The summed E-state index contributed by atoms with van der Waals surface area (Å²) in [6.45, 7) is 0. The Hall–Kier alpha value is -2.17. The Kier molecular flexibility index (Phi) is 2.68. The number of carbonyl (C=O) groups excluding carboxylic acids is 1. The number of allylic oxidation sites excluding steroid dienone is 3. The largest absolute Gasteiger partial charge is 0.465 e. The molecule has 0 amide bonds. The Morgan fingerprint density at radius 1 is 1.56 bits per heavy atom. The minimum absolute atomic E-state index is 0.297. The number of nitrogens with two attached hydrogens (primary N) is 1. The number of methoxy groups -OCH3 is 1. The molecule has 2 N–H and O–H groups in total. The molecule has 0 bridgehead atoms. The van der Waals surface area contributed by atoms with E-state index in [1.807, 2.05) is 6.08 Å². The minimum Gasteiger partial charge on any atom is -0.465 e. The summed E-state index contributed by atoms with van der Waals surface area (Å²) < 4.78 is 4.70. The van der Waals surface area contributed by atoms with E-state index in [4.69, 9.17) is 10.6 Å². The van der Waals surface area contributed by atoms with Gasteiger partial charge in [-0.2, -0.15) is 5.10 Å². The number of hydrogen-bond donors (Lipinski definition) is 1. The monoisotopic (exact) mass is 217 g/mol. The third-order valence-corrected chi connectivity index (χ3v) is 2.46. The second-order valence-corrected chi connectivity index (χ2v) is 3.31. The van der Waals surface area contributed by atoms with Gasteiger partial charge in [0.05, 0.1) is 18.4 Å². The lowest BCUT2D eigenvalue weighted by atomic mass is 9.89. The van der Waals surface area contributed by atoms with Crippen LogP contribution in [-0.2, 0) is 9.53 Å². The summed E-state index contributed by atoms with van der Waals surface area (Å²) in [6, 6.07) is -0.297. The molecular formula is C11H11N3O2. The SMILES string of the molecule is COC(=O)C1=CC=NC2C1=CC=CC2=NN. The summed E-state index contributed by atoms with van der Waals surface area (Å²) in [4.78, 5) is 15.8. The molecule has 1 unspecified atom stereocenters. The highest BCUT2D eigenvalue weighted by Crippen LogP contribution is 2.25. The first-order valence-corrected chi connectivity index (χ1v) is 4.76. The molecule has 5 nitrogen and oxygen atoms in total. The van der Waals surface area contributed by atoms with Crippen molar-refractivity contribution in [3.05, 3.63) is 35.5 Å². The predicted octanol–water partition coefficient (Wildman–Crippen LogP) is 0.350. The number of rotatable bonds is 1. The number of ether oxygens (including phenoxy) is 1. The molecule has 0 aromatic carbocycles. The number of hydrogen-bond acceptors (Lipinski definition) is 5. The second-order valence-electron chi connectivity index (χ2n) is 3.31. The average Bonchev–Trinajstić information content (AvgIpc) is 2.36. The van der Waals surface area contributed by atoms with Crippen molar-refractivity contribution >= 4 is 17.9 Å². The smallest absolute Gasteiger partial charge is 0.338 e. The number of fused-ring (bicyclic) bond motifs is 1. The van der Waals surface area contributed by atoms with E-state index in [0.717, 1.165) is 5.57 Å². The Morgan fingerprint density at radius 2 is 2.38 bits per heavy atom. The molecule has 0 aromatic rings. The second kappa shape index (κ2) is 4.14. The van der Waals surface area contributed by atoms with Gasteiger partial charge in [-0.15, -0.1) is 0 Å². The van der Waals surface area contributed by atoms with Crippen molar-refractivity contribution in [1.29, 1.82) is 0 Å². The van der Waals surface area contributed by atoms with Crippen molar-refractivity contribution in [2.45, 2.75) is 6.04 Å². The fourth-order valence-electron chi connectivity index (χ4n) is 1.70. The lowest BCUT2D eigenvalue weighted by Gasteiger charge is -2.22. The fraction of sp³-hybridized carbons (Fsp3) is 0.182. The quantitative estimate of drug-likeness (QED) is 0.391. The topological polar surface area (TPSA) is 77.0 Å². The van der Waals surface area contributed by atoms with Crippen LogP contribution in [-0.4, -0.2) is 31.0 Å². The Bertz CT molecular complexity index is 470. The third-order valence-electron chi connectivity index (χ3n) is 2.46. The predicted molar refractivity (Wildman–Crippen MR) is 61.2 cm³/mol. The maximum absolute atomic E-state index is 11.5. The van der Waals surface area contributed by atoms with E-state index >= 15 is 0 Å². The van der Waals surface area contributed by atoms with Crippen LogP contribution in [0.3, 0.4) is 0 Å². The van der Waals surface area contributed by atoms with Gasteiger partial charge in [-0.3, -0.25) is 4.99 Å². The van der Waals surface area contributed by atoms with E-state index in [1.54, 1.807) is 24.4 Å². The van der Waals surface area contributed by atoms with Gasteiger partial charge in [-0.05, 0) is 17.7 Å². The Balaban J connectivity index is 2.42. The highest BCUT2D eigenvalue weighted by molar-refractivity contribution is 6.10. The average molecular weight is 217 g/mol. The number of dihydropyridines is 1. The summed E-state index contributed by atoms with van der Waals surface area (Å²) in [5.74, 6) is 4.88. The first kappa shape index (κ1) is 10.4. The molecule has 1 aliphatic heterocycles. The van der Waals surface area contributed by atoms with E-state index in [0.29, 0.717) is 11.3 Å². The number of aliphatic imine (C=N–C) groups is 1. The van der Waals surface area contributed by atoms with Gasteiger partial charge in [-0.1, -0.05) is 12.2 Å². The Morgan fingerprint density at radius 3 is 3.06 bits per heavy atom. The summed E-state index contributed by atoms with van der Waals surface area (Å²) >= 11 is 0. The minimum atomic E-state index is -0.380. The van der Waals surface area contributed by atoms with Crippen molar-refractivity contribution < 1.29 is 9.53 Å².